The highest BCUT2D eigenvalue weighted by Gasteiger charge is 2.32. The van der Waals surface area contributed by atoms with Gasteiger partial charge in [0.2, 0.25) is 35.1 Å². The van der Waals surface area contributed by atoms with Crippen molar-refractivity contribution in [1.82, 2.24) is 75.7 Å². The number of hydrogen-bond donors (Lipinski definition) is 3. The molecule has 3 amide bonds. The van der Waals surface area contributed by atoms with E-state index in [1.807, 2.05) is 39.0 Å². The Hall–Kier alpha value is -8.81. The van der Waals surface area contributed by atoms with Gasteiger partial charge in [-0.2, -0.15) is 34.1 Å². The summed E-state index contributed by atoms with van der Waals surface area (Å²) in [7, 11) is 5.28. The topological polar surface area (TPSA) is 258 Å². The molecule has 0 saturated heterocycles. The predicted octanol–water partition coefficient (Wildman–Crippen LogP) is 11.3. The Morgan fingerprint density at radius 3 is 0.988 bits per heavy atom. The highest BCUT2D eigenvalue weighted by Crippen LogP contribution is 2.41. The van der Waals surface area contributed by atoms with E-state index in [9.17, 15) is 31.4 Å². The van der Waals surface area contributed by atoms with E-state index in [0.29, 0.717) is 70.8 Å². The van der Waals surface area contributed by atoms with Gasteiger partial charge in [-0.3, -0.25) is 28.4 Å². The van der Waals surface area contributed by atoms with Gasteiger partial charge in [-0.05, 0) is 112 Å². The van der Waals surface area contributed by atoms with Crippen LogP contribution in [0.25, 0.3) is 34.2 Å². The summed E-state index contributed by atoms with van der Waals surface area (Å²) in [5.74, 6) is 1.30. The van der Waals surface area contributed by atoms with Gasteiger partial charge in [0.1, 0.15) is 52.7 Å². The molecule has 3 atom stereocenters. The molecule has 6 aromatic heterocycles. The van der Waals surface area contributed by atoms with Crippen molar-refractivity contribution in [3.8, 4) is 34.2 Å². The van der Waals surface area contributed by atoms with E-state index in [1.54, 1.807) is 71.6 Å². The fourth-order valence-corrected chi connectivity index (χ4v) is 8.92. The molecule has 84 heavy (non-hydrogen) atoms. The molecule has 3 aromatic carbocycles. The van der Waals surface area contributed by atoms with Crippen molar-refractivity contribution in [3.63, 3.8) is 0 Å². The number of rotatable bonds is 18. The van der Waals surface area contributed by atoms with Crippen molar-refractivity contribution in [2.75, 3.05) is 6.26 Å². The average molecular weight is 1170 g/mol. The van der Waals surface area contributed by atoms with Gasteiger partial charge < -0.3 is 29.5 Å². The quantitative estimate of drug-likeness (QED) is 0.0675. The first-order valence-corrected chi connectivity index (χ1v) is 28.7. The largest absolute Gasteiger partial charge is 0.339 e. The molecular formula is C58H63F4N15O6S. The second-order valence-electron chi connectivity index (χ2n) is 20.4. The summed E-state index contributed by atoms with van der Waals surface area (Å²) in [6, 6.07) is 22.1. The molecule has 1 unspecified atom stereocenters. The number of halogens is 4. The summed E-state index contributed by atoms with van der Waals surface area (Å²) in [6.45, 7) is 5.74. The van der Waals surface area contributed by atoms with E-state index in [4.69, 9.17) is 13.6 Å². The number of carbonyl (C=O) groups excluding carboxylic acids is 3. The van der Waals surface area contributed by atoms with E-state index < -0.39 is 18.1 Å². The molecule has 3 N–H and O–H groups in total. The van der Waals surface area contributed by atoms with Crippen LogP contribution in [0.15, 0.2) is 105 Å². The summed E-state index contributed by atoms with van der Waals surface area (Å²) in [5.41, 5.74) is 5.94. The van der Waals surface area contributed by atoms with Crippen molar-refractivity contribution in [3.05, 3.63) is 160 Å². The lowest BCUT2D eigenvalue weighted by Gasteiger charge is -2.12. The molecule has 3 saturated carbocycles. The van der Waals surface area contributed by atoms with Gasteiger partial charge in [-0.1, -0.05) is 72.6 Å². The first-order chi connectivity index (χ1) is 40.6. The maximum Gasteiger partial charge on any atom is 0.270 e. The fourth-order valence-electron chi connectivity index (χ4n) is 8.92. The number of carbonyl (C=O) groups is 3. The number of aryl methyl sites for hydroxylation is 3. The molecule has 26 heteroatoms. The SMILES string of the molecule is CCC(NC(=O)c1cc(C2CC2)nn1C)c1nc(-c2cccc(F)c2)no1.CC[C@@H](NC(=O)c1cc(C2CC2)nn1C)c1nc(-c2cccc(F)c2)no1.CC[C@H](NC(=O)c1cc(C2CC2)nn1C)c1nc(-c2cccc(F)c2)no1.CSF. The van der Waals surface area contributed by atoms with E-state index in [2.05, 4.69) is 61.7 Å². The molecule has 440 valence electrons. The molecule has 0 radical (unpaired) electrons. The van der Waals surface area contributed by atoms with Gasteiger partial charge in [-0.25, -0.2) is 13.2 Å². The Balaban J connectivity index is 0.000000148. The molecule has 9 aromatic rings. The highest BCUT2D eigenvalue weighted by molar-refractivity contribution is 7.93. The number of amides is 3. The van der Waals surface area contributed by atoms with Crippen molar-refractivity contribution >= 4 is 29.9 Å². The van der Waals surface area contributed by atoms with E-state index >= 15 is 0 Å². The predicted molar refractivity (Wildman–Crippen MR) is 301 cm³/mol. The monoisotopic (exact) mass is 1170 g/mol. The van der Waals surface area contributed by atoms with E-state index in [0.717, 1.165) is 55.6 Å². The third-order valence-corrected chi connectivity index (χ3v) is 14.0. The maximum atomic E-state index is 13.4. The van der Waals surface area contributed by atoms with Crippen LogP contribution in [0.1, 0.15) is 181 Å². The third kappa shape index (κ3) is 15.1. The van der Waals surface area contributed by atoms with Gasteiger partial charge in [0.05, 0.1) is 17.1 Å². The Bertz CT molecular complexity index is 3340. The number of nitrogens with one attached hydrogen (secondary N) is 3. The van der Waals surface area contributed by atoms with Crippen molar-refractivity contribution in [1.29, 1.82) is 0 Å². The molecule has 0 aliphatic heterocycles. The molecular weight excluding hydrogens is 1110 g/mol. The van der Waals surface area contributed by atoms with Crippen LogP contribution in [0.5, 0.6) is 0 Å². The molecule has 0 spiro atoms. The zero-order valence-electron chi connectivity index (χ0n) is 47.2. The lowest BCUT2D eigenvalue weighted by Crippen LogP contribution is -2.30. The second kappa shape index (κ2) is 27.1. The zero-order valence-corrected chi connectivity index (χ0v) is 48.0. The first kappa shape index (κ1) is 59.8. The van der Waals surface area contributed by atoms with Gasteiger partial charge in [0.15, 0.2) is 0 Å². The van der Waals surface area contributed by atoms with Crippen LogP contribution in [-0.4, -0.2) is 83.7 Å². The number of benzene rings is 3. The lowest BCUT2D eigenvalue weighted by atomic mass is 10.2. The molecule has 3 aliphatic carbocycles. The van der Waals surface area contributed by atoms with Crippen LogP contribution >= 0.6 is 12.1 Å². The Labute approximate surface area is 485 Å². The lowest BCUT2D eigenvalue weighted by molar-refractivity contribution is 0.0909. The van der Waals surface area contributed by atoms with Gasteiger partial charge in [-0.15, -0.1) is 0 Å². The molecule has 0 bridgehead atoms. The van der Waals surface area contributed by atoms with E-state index in [-0.39, 0.29) is 82.5 Å². The summed E-state index contributed by atoms with van der Waals surface area (Å²) >= 11 is 0.250. The normalized spacial score (nSPS) is 14.6. The van der Waals surface area contributed by atoms with Crippen LogP contribution in [0, 0.1) is 17.5 Å². The summed E-state index contributed by atoms with van der Waals surface area (Å²) in [4.78, 5) is 51.0. The minimum absolute atomic E-state index is 0.241. The van der Waals surface area contributed by atoms with Crippen LogP contribution in [0.2, 0.25) is 0 Å². The minimum Gasteiger partial charge on any atom is -0.339 e. The molecule has 3 fully saturated rings. The van der Waals surface area contributed by atoms with Gasteiger partial charge in [0, 0.05) is 74.0 Å². The number of hydrogen-bond acceptors (Lipinski definition) is 16. The fraction of sp³-hybridized carbons (Fsp3) is 0.379. The van der Waals surface area contributed by atoms with Crippen LogP contribution in [0.4, 0.5) is 17.1 Å². The Morgan fingerprint density at radius 1 is 0.500 bits per heavy atom. The van der Waals surface area contributed by atoms with Crippen LogP contribution in [-0.2, 0) is 21.1 Å². The van der Waals surface area contributed by atoms with Gasteiger partial charge in [0.25, 0.3) is 17.7 Å². The maximum absolute atomic E-state index is 13.4. The van der Waals surface area contributed by atoms with Gasteiger partial charge >= 0.3 is 0 Å². The summed E-state index contributed by atoms with van der Waals surface area (Å²) in [6.07, 6.45) is 9.85. The number of aromatic nitrogens is 12. The standard InChI is InChI=1S/3C19H20FN5O2.CH3FS/c3*1-3-14(19-22-17(24-27-19)12-5-4-6-13(20)9-12)21-18(26)16-10-15(11-7-8-11)23-25(16)2;1-3-2/h3*4-6,9-11,14H,3,7-8H2,1-2H3,(H,21,26);1H3/t2*14-;;/m10../s1. The van der Waals surface area contributed by atoms with Crippen LogP contribution < -0.4 is 16.0 Å². The van der Waals surface area contributed by atoms with Crippen LogP contribution in [0.3, 0.4) is 0 Å². The smallest absolute Gasteiger partial charge is 0.270 e. The van der Waals surface area contributed by atoms with Crippen molar-refractivity contribution in [2.45, 2.75) is 114 Å². The molecule has 12 rings (SSSR count). The van der Waals surface area contributed by atoms with Crippen molar-refractivity contribution in [2.24, 2.45) is 21.1 Å². The molecule has 3 aliphatic rings. The minimum atomic E-state index is -0.438. The first-order valence-electron chi connectivity index (χ1n) is 27.5. The highest BCUT2D eigenvalue weighted by atomic mass is 32.2. The molecule has 21 nitrogen and oxygen atoms in total. The number of nitrogens with zero attached hydrogens (tertiary/aromatic N) is 12. The summed E-state index contributed by atoms with van der Waals surface area (Å²) in [5, 5.41) is 33.7. The third-order valence-electron chi connectivity index (χ3n) is 14.0. The Kier molecular flexibility index (Phi) is 19.3. The van der Waals surface area contributed by atoms with Crippen molar-refractivity contribution < 1.29 is 45.0 Å². The van der Waals surface area contributed by atoms with E-state index in [1.165, 1.54) is 42.7 Å². The zero-order chi connectivity index (χ0) is 59.6. The summed E-state index contributed by atoms with van der Waals surface area (Å²) < 4.78 is 71.1. The molecule has 6 heterocycles. The Morgan fingerprint density at radius 2 is 0.762 bits per heavy atom. The second-order valence-corrected chi connectivity index (χ2v) is 20.7. The average Bonchev–Trinajstić information content (AvgIpc) is 4.41.